The number of rotatable bonds is 3. The van der Waals surface area contributed by atoms with Gasteiger partial charge < -0.3 is 20.1 Å². The maximum atomic E-state index is 9.67. The molecule has 0 fully saturated rings. The molecule has 0 aromatic heterocycles. The van der Waals surface area contributed by atoms with Crippen molar-refractivity contribution in [2.75, 3.05) is 13.2 Å². The van der Waals surface area contributed by atoms with Crippen LogP contribution in [0.2, 0.25) is 0 Å². The average Bonchev–Trinajstić information content (AvgIpc) is 2.04. The summed E-state index contributed by atoms with van der Waals surface area (Å²) in [7, 11) is 0. The number of hydrogen-bond acceptors (Lipinski definition) is 4. The van der Waals surface area contributed by atoms with Crippen molar-refractivity contribution in [2.24, 2.45) is 0 Å². The van der Waals surface area contributed by atoms with Gasteiger partial charge in [-0.15, -0.1) is 0 Å². The van der Waals surface area contributed by atoms with Gasteiger partial charge in [0.1, 0.15) is 0 Å². The number of carboxylic acids is 1. The smallest absolute Gasteiger partial charge is 0.0643 e. The Labute approximate surface area is 77.8 Å². The summed E-state index contributed by atoms with van der Waals surface area (Å²) < 4.78 is 0. The highest BCUT2D eigenvalue weighted by atomic mass is 16.4. The Morgan fingerprint density at radius 3 is 1.85 bits per heavy atom. The van der Waals surface area contributed by atoms with Gasteiger partial charge in [-0.25, -0.2) is 0 Å². The lowest BCUT2D eigenvalue weighted by Gasteiger charge is -1.93. The van der Waals surface area contributed by atoms with Crippen LogP contribution in [0.25, 0.3) is 0 Å². The van der Waals surface area contributed by atoms with Gasteiger partial charge in [-0.05, 0) is 25.5 Å². The van der Waals surface area contributed by atoms with E-state index in [1.165, 1.54) is 6.92 Å². The molecule has 0 rings (SSSR count). The molecule has 0 radical (unpaired) electrons. The minimum absolute atomic E-state index is 0.111. The Morgan fingerprint density at radius 2 is 1.77 bits per heavy atom. The summed E-state index contributed by atoms with van der Waals surface area (Å²) in [5.41, 5.74) is 1.20. The van der Waals surface area contributed by atoms with Crippen LogP contribution in [0.4, 0.5) is 0 Å². The summed E-state index contributed by atoms with van der Waals surface area (Å²) in [6.45, 7) is 6.59. The van der Waals surface area contributed by atoms with Crippen LogP contribution in [-0.4, -0.2) is 29.4 Å². The van der Waals surface area contributed by atoms with E-state index in [2.05, 4.69) is 6.58 Å². The monoisotopic (exact) mass is 187 g/mol. The van der Waals surface area contributed by atoms with Crippen molar-refractivity contribution >= 4 is 5.97 Å². The first-order valence-corrected chi connectivity index (χ1v) is 3.68. The van der Waals surface area contributed by atoms with Crippen molar-refractivity contribution in [3.05, 3.63) is 23.8 Å². The highest BCUT2D eigenvalue weighted by Gasteiger charge is 1.81. The predicted molar refractivity (Wildman–Crippen MR) is 47.7 cm³/mol. The summed E-state index contributed by atoms with van der Waals surface area (Å²) >= 11 is 0. The van der Waals surface area contributed by atoms with Gasteiger partial charge in [0.25, 0.3) is 0 Å². The summed E-state index contributed by atoms with van der Waals surface area (Å²) in [5.74, 6) is -1.27. The van der Waals surface area contributed by atoms with Gasteiger partial charge in [-0.2, -0.15) is 0 Å². The summed E-state index contributed by atoms with van der Waals surface area (Å²) in [5, 5.41) is 25.9. The van der Waals surface area contributed by atoms with Crippen LogP contribution in [0.1, 0.15) is 13.8 Å². The Morgan fingerprint density at radius 1 is 1.38 bits per heavy atom. The van der Waals surface area contributed by atoms with E-state index in [9.17, 15) is 9.90 Å². The van der Waals surface area contributed by atoms with Crippen molar-refractivity contribution in [3.63, 3.8) is 0 Å². The zero-order valence-electron chi connectivity index (χ0n) is 7.91. The number of aliphatic carboxylic acids is 1. The molecule has 0 saturated heterocycles. The molecule has 4 nitrogen and oxygen atoms in total. The number of hydrogen-bond donors (Lipinski definition) is 2. The van der Waals surface area contributed by atoms with Crippen molar-refractivity contribution in [1.82, 2.24) is 0 Å². The Kier molecular flexibility index (Phi) is 9.93. The lowest BCUT2D eigenvalue weighted by Crippen LogP contribution is -2.19. The van der Waals surface area contributed by atoms with Crippen LogP contribution in [0.3, 0.4) is 0 Å². The van der Waals surface area contributed by atoms with E-state index in [4.69, 9.17) is 10.2 Å². The lowest BCUT2D eigenvalue weighted by atomic mass is 10.3. The van der Waals surface area contributed by atoms with Crippen LogP contribution in [0.5, 0.6) is 0 Å². The normalized spacial score (nSPS) is 10.0. The molecule has 76 valence electrons. The molecule has 0 saturated carbocycles. The third-order valence-corrected chi connectivity index (χ3v) is 0.884. The van der Waals surface area contributed by atoms with Crippen LogP contribution in [0, 0.1) is 0 Å². The third kappa shape index (κ3) is 18.1. The van der Waals surface area contributed by atoms with Gasteiger partial charge in [-0.1, -0.05) is 12.2 Å². The molecule has 0 spiro atoms. The number of aliphatic hydroxyl groups is 2. The molecule has 0 aliphatic rings. The van der Waals surface area contributed by atoms with Gasteiger partial charge in [0.2, 0.25) is 0 Å². The van der Waals surface area contributed by atoms with E-state index in [1.54, 1.807) is 6.92 Å². The van der Waals surface area contributed by atoms with E-state index in [1.807, 2.05) is 0 Å². The van der Waals surface area contributed by atoms with Crippen LogP contribution in [0.15, 0.2) is 23.8 Å². The Balaban J connectivity index is 0. The average molecular weight is 187 g/mol. The Bertz CT molecular complexity index is 194. The van der Waals surface area contributed by atoms with Crippen LogP contribution < -0.4 is 5.11 Å². The first-order chi connectivity index (χ1) is 5.93. The highest BCUT2D eigenvalue weighted by molar-refractivity contribution is 5.78. The second-order valence-electron chi connectivity index (χ2n) is 2.58. The fourth-order valence-corrected chi connectivity index (χ4v) is 0.247. The quantitative estimate of drug-likeness (QED) is 0.449. The molecule has 13 heavy (non-hydrogen) atoms. The molecule has 4 heteroatoms. The topological polar surface area (TPSA) is 80.6 Å². The minimum Gasteiger partial charge on any atom is -0.545 e. The van der Waals surface area contributed by atoms with Crippen molar-refractivity contribution in [2.45, 2.75) is 13.8 Å². The molecule has 0 amide bonds. The summed E-state index contributed by atoms with van der Waals surface area (Å²) in [6.07, 6.45) is 0.861. The fourth-order valence-electron chi connectivity index (χ4n) is 0.247. The lowest BCUT2D eigenvalue weighted by molar-refractivity contribution is -0.297. The van der Waals surface area contributed by atoms with Gasteiger partial charge in [0.15, 0.2) is 0 Å². The van der Waals surface area contributed by atoms with Crippen molar-refractivity contribution < 1.29 is 20.1 Å². The second kappa shape index (κ2) is 8.96. The van der Waals surface area contributed by atoms with Gasteiger partial charge in [0, 0.05) is 0 Å². The van der Waals surface area contributed by atoms with Crippen molar-refractivity contribution in [1.29, 1.82) is 0 Å². The molecule has 0 bridgehead atoms. The molecular weight excluding hydrogens is 172 g/mol. The largest absolute Gasteiger partial charge is 0.545 e. The molecule has 0 aliphatic heterocycles. The number of carbonyl (C=O) groups excluding carboxylic acids is 1. The molecule has 0 unspecified atom stereocenters. The SMILES string of the molecule is C/C(=C/C(=O)[O-])CO.C=C(C)CO. The van der Waals surface area contributed by atoms with Gasteiger partial charge in [0.05, 0.1) is 19.2 Å². The van der Waals surface area contributed by atoms with Gasteiger partial charge in [-0.3, -0.25) is 0 Å². The second-order valence-corrected chi connectivity index (χ2v) is 2.58. The minimum atomic E-state index is -1.27. The maximum Gasteiger partial charge on any atom is 0.0643 e. The third-order valence-electron chi connectivity index (χ3n) is 0.884. The number of carbonyl (C=O) groups is 1. The first kappa shape index (κ1) is 14.4. The summed E-state index contributed by atoms with van der Waals surface area (Å²) in [6, 6.07) is 0. The van der Waals surface area contributed by atoms with Crippen LogP contribution in [-0.2, 0) is 4.79 Å². The molecular formula is C9H15O4-. The predicted octanol–water partition coefficient (Wildman–Crippen LogP) is -0.770. The molecule has 2 N–H and O–H groups in total. The first-order valence-electron chi connectivity index (χ1n) is 3.68. The fraction of sp³-hybridized carbons (Fsp3) is 0.444. The summed E-state index contributed by atoms with van der Waals surface area (Å²) in [4.78, 5) is 9.67. The molecule has 0 aromatic carbocycles. The Hall–Kier alpha value is -1.13. The molecule has 0 heterocycles. The van der Waals surface area contributed by atoms with Crippen molar-refractivity contribution in [3.8, 4) is 0 Å². The number of aliphatic hydroxyl groups excluding tert-OH is 2. The van der Waals surface area contributed by atoms with E-state index < -0.39 is 5.97 Å². The van der Waals surface area contributed by atoms with E-state index in [-0.39, 0.29) is 13.2 Å². The van der Waals surface area contributed by atoms with E-state index in [0.717, 1.165) is 11.6 Å². The number of carboxylic acid groups (broad SMARTS) is 1. The molecule has 0 atom stereocenters. The van der Waals surface area contributed by atoms with Gasteiger partial charge >= 0.3 is 0 Å². The zero-order valence-corrected chi connectivity index (χ0v) is 7.91. The molecule has 0 aromatic rings. The molecule has 0 aliphatic carbocycles. The van der Waals surface area contributed by atoms with E-state index >= 15 is 0 Å². The van der Waals surface area contributed by atoms with Crippen LogP contribution >= 0.6 is 0 Å². The highest BCUT2D eigenvalue weighted by Crippen LogP contribution is 1.85. The standard InChI is InChI=1S/C5H8O3.C4H8O/c1-4(3-6)2-5(7)8;1-4(2)3-5/h2,6H,3H2,1H3,(H,7,8);5H,1,3H2,2H3/p-1/b4-2-;. The van der Waals surface area contributed by atoms with E-state index in [0.29, 0.717) is 5.57 Å². The maximum absolute atomic E-state index is 9.67. The zero-order chi connectivity index (χ0) is 10.9.